The normalized spacial score (nSPS) is 28.9. The molecule has 1 rings (SSSR count). The van der Waals surface area contributed by atoms with Crippen molar-refractivity contribution in [3.8, 4) is 0 Å². The van der Waals surface area contributed by atoms with Gasteiger partial charge in [0.15, 0.2) is 6.30 Å². The van der Waals surface area contributed by atoms with Crippen molar-refractivity contribution in [1.82, 2.24) is 4.90 Å². The fraction of sp³-hybridized carbons (Fsp3) is 1.00. The number of alkyl halides is 1. The molecule has 0 unspecified atom stereocenters. The first-order valence-corrected chi connectivity index (χ1v) is 4.19. The van der Waals surface area contributed by atoms with E-state index in [4.69, 9.17) is 4.74 Å². The van der Waals surface area contributed by atoms with Crippen LogP contribution >= 0.6 is 0 Å². The van der Waals surface area contributed by atoms with Crippen molar-refractivity contribution in [2.24, 2.45) is 0 Å². The average Bonchev–Trinajstić information content (AvgIpc) is 2.13. The summed E-state index contributed by atoms with van der Waals surface area (Å²) in [5, 5.41) is 0. The van der Waals surface area contributed by atoms with Crippen molar-refractivity contribution < 1.29 is 9.13 Å². The summed E-state index contributed by atoms with van der Waals surface area (Å²) in [5.74, 6) is 0. The third kappa shape index (κ3) is 2.42. The second-order valence-electron chi connectivity index (χ2n) is 3.19. The Morgan fingerprint density at radius 1 is 1.55 bits per heavy atom. The minimum Gasteiger partial charge on any atom is -0.377 e. The Morgan fingerprint density at radius 2 is 2.27 bits per heavy atom. The Hall–Kier alpha value is -0.150. The van der Waals surface area contributed by atoms with Gasteiger partial charge in [-0.1, -0.05) is 0 Å². The van der Waals surface area contributed by atoms with Crippen LogP contribution in [0.2, 0.25) is 0 Å². The Bertz CT molecular complexity index is 119. The lowest BCUT2D eigenvalue weighted by Gasteiger charge is -2.26. The van der Waals surface area contributed by atoms with Crippen LogP contribution < -0.4 is 0 Å². The van der Waals surface area contributed by atoms with Crippen molar-refractivity contribution in [2.75, 3.05) is 19.8 Å². The first-order valence-electron chi connectivity index (χ1n) is 4.19. The predicted octanol–water partition coefficient (Wildman–Crippen LogP) is 1.41. The first kappa shape index (κ1) is 8.94. The Kier molecular flexibility index (Phi) is 3.27. The average molecular weight is 161 g/mol. The van der Waals surface area contributed by atoms with Crippen LogP contribution in [0.3, 0.4) is 0 Å². The molecule has 1 aliphatic heterocycles. The van der Waals surface area contributed by atoms with Crippen molar-refractivity contribution in [3.05, 3.63) is 0 Å². The van der Waals surface area contributed by atoms with Crippen LogP contribution in [0.4, 0.5) is 4.39 Å². The number of hydrogen-bond donors (Lipinski definition) is 0. The number of nitrogens with zero attached hydrogens (tertiary/aromatic N) is 1. The van der Waals surface area contributed by atoms with Gasteiger partial charge in [-0.3, -0.25) is 4.90 Å². The zero-order valence-corrected chi connectivity index (χ0v) is 7.22. The van der Waals surface area contributed by atoms with E-state index in [1.54, 1.807) is 0 Å². The molecule has 1 atom stereocenters. The smallest absolute Gasteiger partial charge is 0.177 e. The molecule has 0 spiro atoms. The van der Waals surface area contributed by atoms with Crippen molar-refractivity contribution >= 4 is 0 Å². The fourth-order valence-corrected chi connectivity index (χ4v) is 1.35. The molecule has 1 saturated heterocycles. The van der Waals surface area contributed by atoms with Gasteiger partial charge >= 0.3 is 0 Å². The maximum atomic E-state index is 13.2. The third-order valence-electron chi connectivity index (χ3n) is 1.98. The van der Waals surface area contributed by atoms with Gasteiger partial charge in [0, 0.05) is 19.2 Å². The van der Waals surface area contributed by atoms with E-state index in [1.165, 1.54) is 0 Å². The highest BCUT2D eigenvalue weighted by molar-refractivity contribution is 4.68. The molecule has 1 aliphatic rings. The summed E-state index contributed by atoms with van der Waals surface area (Å²) in [6.45, 7) is 5.77. The second-order valence-corrected chi connectivity index (χ2v) is 3.19. The van der Waals surface area contributed by atoms with Crippen LogP contribution in [0.25, 0.3) is 0 Å². The largest absolute Gasteiger partial charge is 0.377 e. The number of halogens is 1. The van der Waals surface area contributed by atoms with Gasteiger partial charge in [-0.15, -0.1) is 0 Å². The van der Waals surface area contributed by atoms with Gasteiger partial charge in [-0.2, -0.15) is 0 Å². The van der Waals surface area contributed by atoms with Crippen LogP contribution in [0.1, 0.15) is 20.3 Å². The monoisotopic (exact) mass is 161 g/mol. The Morgan fingerprint density at radius 3 is 2.91 bits per heavy atom. The van der Waals surface area contributed by atoms with Gasteiger partial charge in [-0.05, 0) is 20.3 Å². The lowest BCUT2D eigenvalue weighted by atomic mass is 10.3. The molecule has 11 heavy (non-hydrogen) atoms. The summed E-state index contributed by atoms with van der Waals surface area (Å²) in [6, 6.07) is 0.284. The molecule has 3 heteroatoms. The summed E-state index contributed by atoms with van der Waals surface area (Å²) in [7, 11) is 0. The molecule has 2 nitrogen and oxygen atoms in total. The van der Waals surface area contributed by atoms with Crippen LogP contribution in [0, 0.1) is 0 Å². The molecule has 0 aromatic heterocycles. The van der Waals surface area contributed by atoms with Crippen molar-refractivity contribution in [3.63, 3.8) is 0 Å². The number of rotatable bonds is 1. The minimum absolute atomic E-state index is 0.234. The SMILES string of the molecule is CC(C)N1CCCOC[C@H]1F. The molecule has 0 aromatic carbocycles. The number of ether oxygens (including phenoxy) is 1. The van der Waals surface area contributed by atoms with E-state index in [0.717, 1.165) is 13.0 Å². The highest BCUT2D eigenvalue weighted by Gasteiger charge is 2.22. The Labute approximate surface area is 67.3 Å². The molecular formula is C8H16FNO. The highest BCUT2D eigenvalue weighted by Crippen LogP contribution is 2.11. The molecule has 1 fully saturated rings. The zero-order valence-electron chi connectivity index (χ0n) is 7.22. The molecule has 0 amide bonds. The Balaban J connectivity index is 2.45. The van der Waals surface area contributed by atoms with Gasteiger partial charge in [0.1, 0.15) is 0 Å². The molecule has 1 heterocycles. The topological polar surface area (TPSA) is 12.5 Å². The minimum atomic E-state index is -0.905. The summed E-state index contributed by atoms with van der Waals surface area (Å²) >= 11 is 0. The van der Waals surface area contributed by atoms with E-state index in [2.05, 4.69) is 0 Å². The molecule has 0 radical (unpaired) electrons. The quantitative estimate of drug-likeness (QED) is 0.539. The molecule has 0 aromatic rings. The second kappa shape index (κ2) is 4.02. The first-order chi connectivity index (χ1) is 5.22. The molecule has 66 valence electrons. The molecule has 0 saturated carbocycles. The summed E-state index contributed by atoms with van der Waals surface area (Å²) in [4.78, 5) is 1.84. The zero-order chi connectivity index (χ0) is 8.27. The van der Waals surface area contributed by atoms with E-state index in [9.17, 15) is 4.39 Å². The van der Waals surface area contributed by atoms with Crippen molar-refractivity contribution in [1.29, 1.82) is 0 Å². The van der Waals surface area contributed by atoms with Gasteiger partial charge in [-0.25, -0.2) is 4.39 Å². The van der Waals surface area contributed by atoms with E-state index in [-0.39, 0.29) is 12.6 Å². The number of hydrogen-bond acceptors (Lipinski definition) is 2. The van der Waals surface area contributed by atoms with E-state index in [1.807, 2.05) is 18.7 Å². The highest BCUT2D eigenvalue weighted by atomic mass is 19.1. The van der Waals surface area contributed by atoms with Gasteiger partial charge in [0.2, 0.25) is 0 Å². The van der Waals surface area contributed by atoms with Crippen LogP contribution in [0.15, 0.2) is 0 Å². The van der Waals surface area contributed by atoms with Crippen LogP contribution in [-0.4, -0.2) is 37.0 Å². The van der Waals surface area contributed by atoms with Gasteiger partial charge in [0.05, 0.1) is 6.61 Å². The van der Waals surface area contributed by atoms with E-state index >= 15 is 0 Å². The summed E-state index contributed by atoms with van der Waals surface area (Å²) in [6.07, 6.45) is 0.0380. The molecule has 0 aliphatic carbocycles. The van der Waals surface area contributed by atoms with Crippen LogP contribution in [0.5, 0.6) is 0 Å². The summed E-state index contributed by atoms with van der Waals surface area (Å²) < 4.78 is 18.2. The third-order valence-corrected chi connectivity index (χ3v) is 1.98. The van der Waals surface area contributed by atoms with Gasteiger partial charge < -0.3 is 4.74 Å². The van der Waals surface area contributed by atoms with Crippen LogP contribution in [-0.2, 0) is 4.74 Å². The van der Waals surface area contributed by atoms with Crippen molar-refractivity contribution in [2.45, 2.75) is 32.6 Å². The lowest BCUT2D eigenvalue weighted by molar-refractivity contribution is 0.0112. The molecule has 0 bridgehead atoms. The molecular weight excluding hydrogens is 145 g/mol. The lowest BCUT2D eigenvalue weighted by Crippen LogP contribution is -2.39. The maximum absolute atomic E-state index is 13.2. The molecule has 0 N–H and O–H groups in total. The van der Waals surface area contributed by atoms with E-state index in [0.29, 0.717) is 6.61 Å². The predicted molar refractivity (Wildman–Crippen MR) is 42.2 cm³/mol. The fourth-order valence-electron chi connectivity index (χ4n) is 1.35. The summed E-state index contributed by atoms with van der Waals surface area (Å²) in [5.41, 5.74) is 0. The van der Waals surface area contributed by atoms with Gasteiger partial charge in [0.25, 0.3) is 0 Å². The standard InChI is InChI=1S/C8H16FNO/c1-7(2)10-4-3-5-11-6-8(10)9/h7-8H,3-6H2,1-2H3/t8-/m0/s1. The van der Waals surface area contributed by atoms with E-state index < -0.39 is 6.30 Å². The maximum Gasteiger partial charge on any atom is 0.177 e.